The molecule has 5 nitrogen and oxygen atoms in total. The largest absolute Gasteiger partial charge is 0.489 e. The number of furan rings is 1. The van der Waals surface area contributed by atoms with Gasteiger partial charge in [0.2, 0.25) is 5.76 Å². The van der Waals surface area contributed by atoms with Gasteiger partial charge in [-0.3, -0.25) is 0 Å². The first-order valence-corrected chi connectivity index (χ1v) is 5.24. The summed E-state index contributed by atoms with van der Waals surface area (Å²) in [4.78, 5) is 10.8. The van der Waals surface area contributed by atoms with Crippen LogP contribution in [0.4, 0.5) is 4.39 Å². The van der Waals surface area contributed by atoms with E-state index < -0.39 is 11.8 Å². The number of ether oxygens (including phenoxy) is 1. The van der Waals surface area contributed by atoms with Crippen LogP contribution in [0.15, 0.2) is 34.9 Å². The van der Waals surface area contributed by atoms with Gasteiger partial charge in [0.1, 0.15) is 24.2 Å². The molecule has 19 heavy (non-hydrogen) atoms. The average molecular weight is 261 g/mol. The molecule has 0 bridgehead atoms. The van der Waals surface area contributed by atoms with Gasteiger partial charge in [-0.05, 0) is 18.2 Å². The van der Waals surface area contributed by atoms with Crippen molar-refractivity contribution in [3.8, 4) is 11.8 Å². The van der Waals surface area contributed by atoms with E-state index in [-0.39, 0.29) is 23.7 Å². The third kappa shape index (κ3) is 2.72. The molecule has 0 aliphatic heterocycles. The van der Waals surface area contributed by atoms with E-state index in [2.05, 4.69) is 0 Å². The zero-order chi connectivity index (χ0) is 13.8. The summed E-state index contributed by atoms with van der Waals surface area (Å²) in [5, 5.41) is 17.4. The van der Waals surface area contributed by atoms with Crippen molar-refractivity contribution in [2.45, 2.75) is 6.61 Å². The van der Waals surface area contributed by atoms with Gasteiger partial charge in [0, 0.05) is 11.6 Å². The van der Waals surface area contributed by atoms with Crippen molar-refractivity contribution >= 4 is 5.97 Å². The SMILES string of the molecule is N#Cc1ccc(OCc2ccoc2C(=O)O)cc1F. The summed E-state index contributed by atoms with van der Waals surface area (Å²) in [6.45, 7) is -0.0660. The Balaban J connectivity index is 2.11. The molecule has 0 aliphatic rings. The highest BCUT2D eigenvalue weighted by Gasteiger charge is 2.14. The van der Waals surface area contributed by atoms with Gasteiger partial charge in [0.25, 0.3) is 0 Å². The highest BCUT2D eigenvalue weighted by atomic mass is 19.1. The van der Waals surface area contributed by atoms with E-state index in [1.807, 2.05) is 0 Å². The molecule has 0 saturated heterocycles. The number of carboxylic acid groups (broad SMARTS) is 1. The second-order valence-corrected chi connectivity index (χ2v) is 3.62. The maximum Gasteiger partial charge on any atom is 0.372 e. The smallest absolute Gasteiger partial charge is 0.372 e. The van der Waals surface area contributed by atoms with Gasteiger partial charge in [-0.15, -0.1) is 0 Å². The van der Waals surface area contributed by atoms with Gasteiger partial charge >= 0.3 is 5.97 Å². The first kappa shape index (κ1) is 12.6. The highest BCUT2D eigenvalue weighted by Crippen LogP contribution is 2.19. The van der Waals surface area contributed by atoms with Crippen molar-refractivity contribution in [1.82, 2.24) is 0 Å². The molecule has 0 radical (unpaired) electrons. The number of nitriles is 1. The Morgan fingerprint density at radius 1 is 1.47 bits per heavy atom. The molecule has 1 heterocycles. The maximum atomic E-state index is 13.3. The van der Waals surface area contributed by atoms with E-state index in [4.69, 9.17) is 19.5 Å². The van der Waals surface area contributed by atoms with Crippen LogP contribution in [-0.2, 0) is 6.61 Å². The Morgan fingerprint density at radius 2 is 2.26 bits per heavy atom. The lowest BCUT2D eigenvalue weighted by molar-refractivity contribution is 0.0658. The van der Waals surface area contributed by atoms with Crippen LogP contribution in [0.3, 0.4) is 0 Å². The number of hydrogen-bond acceptors (Lipinski definition) is 4. The molecule has 96 valence electrons. The Bertz CT molecular complexity index is 657. The van der Waals surface area contributed by atoms with Gasteiger partial charge < -0.3 is 14.3 Å². The average Bonchev–Trinajstić information content (AvgIpc) is 2.85. The number of carboxylic acids is 1. The number of rotatable bonds is 4. The summed E-state index contributed by atoms with van der Waals surface area (Å²) in [5.74, 6) is -1.90. The minimum absolute atomic E-state index is 0.0660. The second-order valence-electron chi connectivity index (χ2n) is 3.62. The fourth-order valence-electron chi connectivity index (χ4n) is 1.47. The van der Waals surface area contributed by atoms with Crippen molar-refractivity contribution in [2.75, 3.05) is 0 Å². The molecule has 2 rings (SSSR count). The van der Waals surface area contributed by atoms with E-state index in [9.17, 15) is 9.18 Å². The number of nitrogens with zero attached hydrogens (tertiary/aromatic N) is 1. The van der Waals surface area contributed by atoms with Crippen LogP contribution in [0.1, 0.15) is 21.7 Å². The van der Waals surface area contributed by atoms with Crippen molar-refractivity contribution in [3.05, 3.63) is 53.2 Å². The van der Waals surface area contributed by atoms with Crippen LogP contribution in [0.2, 0.25) is 0 Å². The lowest BCUT2D eigenvalue weighted by Gasteiger charge is -2.05. The Labute approximate surface area is 107 Å². The summed E-state index contributed by atoms with van der Waals surface area (Å²) < 4.78 is 23.3. The van der Waals surface area contributed by atoms with Crippen LogP contribution in [0, 0.1) is 17.1 Å². The van der Waals surface area contributed by atoms with Crippen molar-refractivity contribution in [2.24, 2.45) is 0 Å². The fraction of sp³-hybridized carbons (Fsp3) is 0.0769. The second kappa shape index (κ2) is 5.23. The third-order valence-corrected chi connectivity index (χ3v) is 2.40. The summed E-state index contributed by atoms with van der Waals surface area (Å²) in [6, 6.07) is 6.95. The molecule has 0 amide bonds. The number of hydrogen-bond donors (Lipinski definition) is 1. The molecule has 0 unspecified atom stereocenters. The Morgan fingerprint density at radius 3 is 2.89 bits per heavy atom. The van der Waals surface area contributed by atoms with Gasteiger partial charge in [-0.1, -0.05) is 0 Å². The van der Waals surface area contributed by atoms with Crippen molar-refractivity contribution < 1.29 is 23.4 Å². The van der Waals surface area contributed by atoms with Gasteiger partial charge in [0.05, 0.1) is 11.8 Å². The Kier molecular flexibility index (Phi) is 3.48. The zero-order valence-corrected chi connectivity index (χ0v) is 9.59. The summed E-state index contributed by atoms with van der Waals surface area (Å²) in [5.41, 5.74) is 0.263. The van der Waals surface area contributed by atoms with Crippen LogP contribution in [0.25, 0.3) is 0 Å². The monoisotopic (exact) mass is 261 g/mol. The molecule has 0 saturated carbocycles. The third-order valence-electron chi connectivity index (χ3n) is 2.40. The van der Waals surface area contributed by atoms with Crippen LogP contribution in [-0.4, -0.2) is 11.1 Å². The van der Waals surface area contributed by atoms with E-state index in [1.165, 1.54) is 24.5 Å². The lowest BCUT2D eigenvalue weighted by Crippen LogP contribution is -2.02. The number of halogens is 1. The predicted molar refractivity (Wildman–Crippen MR) is 61.1 cm³/mol. The van der Waals surface area contributed by atoms with Gasteiger partial charge in [0.15, 0.2) is 0 Å². The van der Waals surface area contributed by atoms with Crippen LogP contribution in [0.5, 0.6) is 5.75 Å². The predicted octanol–water partition coefficient (Wildman–Crippen LogP) is 2.57. The van der Waals surface area contributed by atoms with Crippen molar-refractivity contribution in [1.29, 1.82) is 5.26 Å². The first-order valence-electron chi connectivity index (χ1n) is 5.24. The number of carbonyl (C=O) groups is 1. The van der Waals surface area contributed by atoms with Crippen LogP contribution < -0.4 is 4.74 Å². The lowest BCUT2D eigenvalue weighted by atomic mass is 10.2. The standard InChI is InChI=1S/C13H8FNO4/c14-11-5-10(2-1-8(11)6-15)19-7-9-3-4-18-12(9)13(16)17/h1-5H,7H2,(H,16,17). The molecular weight excluding hydrogens is 253 g/mol. The minimum Gasteiger partial charge on any atom is -0.489 e. The first-order chi connectivity index (χ1) is 9.11. The van der Waals surface area contributed by atoms with Crippen LogP contribution >= 0.6 is 0 Å². The van der Waals surface area contributed by atoms with E-state index in [1.54, 1.807) is 6.07 Å². The van der Waals surface area contributed by atoms with Gasteiger partial charge in [-0.2, -0.15) is 5.26 Å². The Hall–Kier alpha value is -2.81. The quantitative estimate of drug-likeness (QED) is 0.914. The number of benzene rings is 1. The zero-order valence-electron chi connectivity index (χ0n) is 9.59. The topological polar surface area (TPSA) is 83.5 Å². The molecule has 1 aromatic heterocycles. The van der Waals surface area contributed by atoms with E-state index >= 15 is 0 Å². The number of aromatic carboxylic acids is 1. The molecule has 0 fully saturated rings. The fourth-order valence-corrected chi connectivity index (χ4v) is 1.47. The molecule has 2 aromatic rings. The molecule has 6 heteroatoms. The minimum atomic E-state index is -1.20. The van der Waals surface area contributed by atoms with E-state index in [0.717, 1.165) is 6.07 Å². The molecule has 0 spiro atoms. The maximum absolute atomic E-state index is 13.3. The van der Waals surface area contributed by atoms with Gasteiger partial charge in [-0.25, -0.2) is 9.18 Å². The highest BCUT2D eigenvalue weighted by molar-refractivity contribution is 5.86. The van der Waals surface area contributed by atoms with Crippen molar-refractivity contribution in [3.63, 3.8) is 0 Å². The summed E-state index contributed by atoms with van der Waals surface area (Å²) in [6.07, 6.45) is 1.24. The molecule has 0 aliphatic carbocycles. The molecule has 0 atom stereocenters. The normalized spacial score (nSPS) is 9.89. The molecular formula is C13H8FNO4. The van der Waals surface area contributed by atoms with E-state index in [0.29, 0.717) is 5.56 Å². The molecule has 1 aromatic carbocycles. The summed E-state index contributed by atoms with van der Waals surface area (Å²) >= 11 is 0. The summed E-state index contributed by atoms with van der Waals surface area (Å²) in [7, 11) is 0. The molecule has 1 N–H and O–H groups in total.